The average molecular weight is 302 g/mol. The molecule has 1 aromatic heterocycles. The molecule has 0 aliphatic heterocycles. The molecule has 20 heavy (non-hydrogen) atoms. The van der Waals surface area contributed by atoms with Crippen molar-refractivity contribution in [3.8, 4) is 0 Å². The number of hydrazine groups is 1. The molecular weight excluding hydrogens is 276 g/mol. The number of nitrogens with one attached hydrogen (secondary N) is 1. The summed E-state index contributed by atoms with van der Waals surface area (Å²) in [7, 11) is -0.946. The number of aromatic nitrogens is 2. The normalized spacial score (nSPS) is 13.7. The van der Waals surface area contributed by atoms with Gasteiger partial charge in [-0.3, -0.25) is 16.0 Å². The van der Waals surface area contributed by atoms with E-state index in [1.54, 1.807) is 0 Å². The Hall–Kier alpha value is -0.920. The molecular formula is C13H26N4O2S. The van der Waals surface area contributed by atoms with Crippen molar-refractivity contribution in [2.45, 2.75) is 45.6 Å². The highest BCUT2D eigenvalue weighted by atomic mass is 32.2. The van der Waals surface area contributed by atoms with Gasteiger partial charge in [-0.2, -0.15) is 5.10 Å². The number of hydrogen-bond acceptors (Lipinski definition) is 5. The van der Waals surface area contributed by atoms with Crippen molar-refractivity contribution in [2.75, 3.05) is 12.0 Å². The van der Waals surface area contributed by atoms with Gasteiger partial charge < -0.3 is 0 Å². The molecule has 0 spiro atoms. The van der Waals surface area contributed by atoms with E-state index in [-0.39, 0.29) is 11.8 Å². The Balaban J connectivity index is 2.49. The van der Waals surface area contributed by atoms with E-state index >= 15 is 0 Å². The Bertz CT molecular complexity index is 537. The summed E-state index contributed by atoms with van der Waals surface area (Å²) in [5, 5.41) is 4.39. The van der Waals surface area contributed by atoms with Crippen LogP contribution < -0.4 is 11.3 Å². The van der Waals surface area contributed by atoms with Gasteiger partial charge in [0.05, 0.1) is 5.69 Å². The molecule has 0 fully saturated rings. The van der Waals surface area contributed by atoms with Gasteiger partial charge >= 0.3 is 0 Å². The summed E-state index contributed by atoms with van der Waals surface area (Å²) in [6.07, 6.45) is 4.45. The van der Waals surface area contributed by atoms with Crippen molar-refractivity contribution in [3.63, 3.8) is 0 Å². The maximum Gasteiger partial charge on any atom is 0.147 e. The fourth-order valence-electron chi connectivity index (χ4n) is 2.40. The molecule has 0 radical (unpaired) electrons. The number of nitrogens with two attached hydrogens (primary N) is 1. The van der Waals surface area contributed by atoms with Crippen molar-refractivity contribution in [1.29, 1.82) is 0 Å². The topological polar surface area (TPSA) is 90.0 Å². The van der Waals surface area contributed by atoms with Gasteiger partial charge in [-0.1, -0.05) is 0 Å². The van der Waals surface area contributed by atoms with Crippen LogP contribution in [0.3, 0.4) is 0 Å². The monoisotopic (exact) mass is 302 g/mol. The van der Waals surface area contributed by atoms with Gasteiger partial charge in [0.2, 0.25) is 0 Å². The fourth-order valence-corrected chi connectivity index (χ4v) is 3.09. The highest BCUT2D eigenvalue weighted by molar-refractivity contribution is 7.90. The molecule has 0 aliphatic carbocycles. The molecule has 1 aromatic rings. The first kappa shape index (κ1) is 17.1. The van der Waals surface area contributed by atoms with Crippen LogP contribution in [-0.2, 0) is 23.3 Å². The van der Waals surface area contributed by atoms with Gasteiger partial charge in [-0.05, 0) is 45.1 Å². The predicted octanol–water partition coefficient (Wildman–Crippen LogP) is 0.626. The molecule has 0 saturated carbocycles. The van der Waals surface area contributed by atoms with E-state index in [0.717, 1.165) is 25.0 Å². The van der Waals surface area contributed by atoms with E-state index in [2.05, 4.69) is 17.4 Å². The third-order valence-electron chi connectivity index (χ3n) is 3.71. The van der Waals surface area contributed by atoms with Crippen molar-refractivity contribution in [2.24, 2.45) is 12.9 Å². The smallest absolute Gasteiger partial charge is 0.147 e. The first-order valence-electron chi connectivity index (χ1n) is 6.87. The minimum absolute atomic E-state index is 0.135. The summed E-state index contributed by atoms with van der Waals surface area (Å²) < 4.78 is 24.1. The molecule has 116 valence electrons. The molecule has 0 aliphatic rings. The molecule has 0 aromatic carbocycles. The summed E-state index contributed by atoms with van der Waals surface area (Å²) in [5.74, 6) is 5.77. The molecule has 1 atom stereocenters. The van der Waals surface area contributed by atoms with E-state index in [1.807, 2.05) is 18.7 Å². The van der Waals surface area contributed by atoms with Gasteiger partial charge in [0.15, 0.2) is 0 Å². The third-order valence-corrected chi connectivity index (χ3v) is 4.74. The highest BCUT2D eigenvalue weighted by Gasteiger charge is 2.13. The second-order valence-corrected chi connectivity index (χ2v) is 7.71. The molecule has 0 bridgehead atoms. The van der Waals surface area contributed by atoms with E-state index in [0.29, 0.717) is 6.42 Å². The SMILES string of the molecule is Cc1nn(C)c(C)c1CCC(CCCS(C)(=O)=O)NN. The maximum absolute atomic E-state index is 11.1. The molecule has 7 heteroatoms. The number of sulfone groups is 1. The van der Waals surface area contributed by atoms with Gasteiger partial charge in [-0.25, -0.2) is 8.42 Å². The van der Waals surface area contributed by atoms with Crippen molar-refractivity contribution < 1.29 is 8.42 Å². The number of nitrogens with zero attached hydrogens (tertiary/aromatic N) is 2. The number of aryl methyl sites for hydroxylation is 2. The lowest BCUT2D eigenvalue weighted by atomic mass is 10.0. The van der Waals surface area contributed by atoms with Gasteiger partial charge in [0.1, 0.15) is 9.84 Å². The van der Waals surface area contributed by atoms with Crippen LogP contribution in [-0.4, -0.2) is 36.2 Å². The summed E-state index contributed by atoms with van der Waals surface area (Å²) in [4.78, 5) is 0. The number of rotatable bonds is 8. The number of hydrogen-bond donors (Lipinski definition) is 2. The molecule has 3 N–H and O–H groups in total. The van der Waals surface area contributed by atoms with Crippen molar-refractivity contribution >= 4 is 9.84 Å². The first-order chi connectivity index (χ1) is 9.24. The zero-order valence-electron chi connectivity index (χ0n) is 12.8. The maximum atomic E-state index is 11.1. The molecule has 0 saturated heterocycles. The Labute approximate surface area is 121 Å². The van der Waals surface area contributed by atoms with Crippen LogP contribution in [0.25, 0.3) is 0 Å². The standard InChI is InChI=1S/C13H26N4O2S/c1-10-13(11(2)17(3)16-10)8-7-12(15-14)6-5-9-20(4,18)19/h12,15H,5-9,14H2,1-4H3. The Morgan fingerprint density at radius 1 is 1.35 bits per heavy atom. The lowest BCUT2D eigenvalue weighted by Gasteiger charge is -2.15. The zero-order valence-corrected chi connectivity index (χ0v) is 13.6. The minimum atomic E-state index is -2.89. The summed E-state index contributed by atoms with van der Waals surface area (Å²) >= 11 is 0. The van der Waals surface area contributed by atoms with Gasteiger partial charge in [-0.15, -0.1) is 0 Å². The fraction of sp³-hybridized carbons (Fsp3) is 0.769. The van der Waals surface area contributed by atoms with Crippen molar-refractivity contribution in [3.05, 3.63) is 17.0 Å². The Morgan fingerprint density at radius 3 is 2.45 bits per heavy atom. The molecule has 1 unspecified atom stereocenters. The van der Waals surface area contributed by atoms with Crippen LogP contribution in [0.5, 0.6) is 0 Å². The summed E-state index contributed by atoms with van der Waals surface area (Å²) in [6, 6.07) is 0.135. The van der Waals surface area contributed by atoms with Gasteiger partial charge in [0.25, 0.3) is 0 Å². The second kappa shape index (κ2) is 7.19. The quantitative estimate of drug-likeness (QED) is 0.543. The van der Waals surface area contributed by atoms with Crippen LogP contribution >= 0.6 is 0 Å². The van der Waals surface area contributed by atoms with E-state index < -0.39 is 9.84 Å². The zero-order chi connectivity index (χ0) is 15.3. The second-order valence-electron chi connectivity index (χ2n) is 5.45. The van der Waals surface area contributed by atoms with Gasteiger partial charge in [0, 0.05) is 30.8 Å². The van der Waals surface area contributed by atoms with Crippen molar-refractivity contribution in [1.82, 2.24) is 15.2 Å². The van der Waals surface area contributed by atoms with Crippen LogP contribution in [0.2, 0.25) is 0 Å². The lowest BCUT2D eigenvalue weighted by Crippen LogP contribution is -2.35. The average Bonchev–Trinajstić information content (AvgIpc) is 2.57. The predicted molar refractivity (Wildman–Crippen MR) is 81.1 cm³/mol. The van der Waals surface area contributed by atoms with Crippen LogP contribution in [0.1, 0.15) is 36.2 Å². The Morgan fingerprint density at radius 2 is 2.00 bits per heavy atom. The lowest BCUT2D eigenvalue weighted by molar-refractivity contribution is 0.458. The van der Waals surface area contributed by atoms with E-state index in [1.165, 1.54) is 17.5 Å². The molecule has 1 rings (SSSR count). The van der Waals surface area contributed by atoms with E-state index in [4.69, 9.17) is 5.84 Å². The van der Waals surface area contributed by atoms with Crippen LogP contribution in [0.4, 0.5) is 0 Å². The van der Waals surface area contributed by atoms with Crippen LogP contribution in [0, 0.1) is 13.8 Å². The van der Waals surface area contributed by atoms with E-state index in [9.17, 15) is 8.42 Å². The molecule has 1 heterocycles. The molecule has 0 amide bonds. The Kier molecular flexibility index (Phi) is 6.16. The summed E-state index contributed by atoms with van der Waals surface area (Å²) in [5.41, 5.74) is 6.27. The third kappa shape index (κ3) is 5.22. The highest BCUT2D eigenvalue weighted by Crippen LogP contribution is 2.16. The molecule has 6 nitrogen and oxygen atoms in total. The largest absolute Gasteiger partial charge is 0.272 e. The minimum Gasteiger partial charge on any atom is -0.272 e. The first-order valence-corrected chi connectivity index (χ1v) is 8.93. The summed E-state index contributed by atoms with van der Waals surface area (Å²) in [6.45, 7) is 4.07. The van der Waals surface area contributed by atoms with Crippen LogP contribution in [0.15, 0.2) is 0 Å².